The minimum Gasteiger partial charge on any atom is -0.492 e. The van der Waals surface area contributed by atoms with Gasteiger partial charge in [-0.3, -0.25) is 0 Å². The predicted octanol–water partition coefficient (Wildman–Crippen LogP) is 2.47. The molecule has 1 fully saturated rings. The molecule has 5 heteroatoms. The van der Waals surface area contributed by atoms with Gasteiger partial charge in [-0.1, -0.05) is 22.0 Å². The van der Waals surface area contributed by atoms with Crippen LogP contribution < -0.4 is 10.1 Å². The van der Waals surface area contributed by atoms with Crippen LogP contribution in [0.1, 0.15) is 0 Å². The van der Waals surface area contributed by atoms with Gasteiger partial charge in [0.05, 0.1) is 0 Å². The number of nitrogens with zero attached hydrogens (tertiary/aromatic N) is 1. The van der Waals surface area contributed by atoms with Gasteiger partial charge in [0.2, 0.25) is 0 Å². The molecule has 2 rings (SSSR count). The molecule has 0 aliphatic carbocycles. The highest BCUT2D eigenvalue weighted by molar-refractivity contribution is 9.10. The number of rotatable bonds is 7. The summed E-state index contributed by atoms with van der Waals surface area (Å²) in [7, 11) is 0. The number of hydrogen-bond acceptors (Lipinski definition) is 4. The topological polar surface area (TPSA) is 24.5 Å². The standard InChI is InChI=1S/C14H21BrN2OS/c15-13-2-1-3-14(12-13)18-9-5-16-4-6-17-7-10-19-11-8-17/h1-3,12,16H,4-11H2. The summed E-state index contributed by atoms with van der Waals surface area (Å²) in [5, 5.41) is 3.43. The molecule has 1 heterocycles. The van der Waals surface area contributed by atoms with Crippen LogP contribution in [0.4, 0.5) is 0 Å². The number of halogens is 1. The van der Waals surface area contributed by atoms with E-state index in [2.05, 4.69) is 37.9 Å². The van der Waals surface area contributed by atoms with E-state index < -0.39 is 0 Å². The van der Waals surface area contributed by atoms with Gasteiger partial charge in [-0.05, 0) is 18.2 Å². The molecule has 1 aliphatic rings. The zero-order valence-corrected chi connectivity index (χ0v) is 13.5. The van der Waals surface area contributed by atoms with Crippen molar-refractivity contribution in [3.8, 4) is 5.75 Å². The molecule has 3 nitrogen and oxygen atoms in total. The minimum absolute atomic E-state index is 0.715. The molecule has 1 N–H and O–H groups in total. The largest absolute Gasteiger partial charge is 0.492 e. The van der Waals surface area contributed by atoms with E-state index >= 15 is 0 Å². The van der Waals surface area contributed by atoms with E-state index in [-0.39, 0.29) is 0 Å². The van der Waals surface area contributed by atoms with Gasteiger partial charge in [0.1, 0.15) is 12.4 Å². The fraction of sp³-hybridized carbons (Fsp3) is 0.571. The van der Waals surface area contributed by atoms with E-state index in [1.54, 1.807) is 0 Å². The highest BCUT2D eigenvalue weighted by atomic mass is 79.9. The molecule has 0 spiro atoms. The molecule has 0 bridgehead atoms. The van der Waals surface area contributed by atoms with E-state index in [9.17, 15) is 0 Å². The lowest BCUT2D eigenvalue weighted by Crippen LogP contribution is -2.38. The maximum absolute atomic E-state index is 5.67. The molecule has 0 amide bonds. The van der Waals surface area contributed by atoms with Crippen molar-refractivity contribution in [1.82, 2.24) is 10.2 Å². The average Bonchev–Trinajstić information content (AvgIpc) is 2.44. The SMILES string of the molecule is Brc1cccc(OCCNCCN2CCSCC2)c1. The molecule has 1 aliphatic heterocycles. The number of ether oxygens (including phenoxy) is 1. The number of thioether (sulfide) groups is 1. The van der Waals surface area contributed by atoms with Gasteiger partial charge in [0.15, 0.2) is 0 Å². The van der Waals surface area contributed by atoms with Crippen molar-refractivity contribution in [1.29, 1.82) is 0 Å². The summed E-state index contributed by atoms with van der Waals surface area (Å²) in [6.45, 7) is 6.28. The molecule has 1 saturated heterocycles. The van der Waals surface area contributed by atoms with Crippen LogP contribution in [-0.4, -0.2) is 55.7 Å². The third-order valence-corrected chi connectivity index (χ3v) is 4.49. The van der Waals surface area contributed by atoms with Crippen molar-refractivity contribution in [2.24, 2.45) is 0 Å². The Morgan fingerprint density at radius 2 is 2.11 bits per heavy atom. The molecule has 0 atom stereocenters. The van der Waals surface area contributed by atoms with Crippen LogP contribution in [0.3, 0.4) is 0 Å². The van der Waals surface area contributed by atoms with Gasteiger partial charge < -0.3 is 15.0 Å². The van der Waals surface area contributed by atoms with Gasteiger partial charge in [0.25, 0.3) is 0 Å². The van der Waals surface area contributed by atoms with Gasteiger partial charge in [-0.15, -0.1) is 0 Å². The maximum Gasteiger partial charge on any atom is 0.120 e. The molecule has 1 aromatic carbocycles. The number of nitrogens with one attached hydrogen (secondary N) is 1. The van der Waals surface area contributed by atoms with Crippen LogP contribution in [0.25, 0.3) is 0 Å². The van der Waals surface area contributed by atoms with Crippen LogP contribution >= 0.6 is 27.7 Å². The Balaban J connectivity index is 1.50. The maximum atomic E-state index is 5.67. The Morgan fingerprint density at radius 3 is 2.89 bits per heavy atom. The lowest BCUT2D eigenvalue weighted by atomic mass is 10.3. The summed E-state index contributed by atoms with van der Waals surface area (Å²) in [6, 6.07) is 7.96. The fourth-order valence-corrected chi connectivity index (χ4v) is 3.34. The molecule has 0 radical (unpaired) electrons. The van der Waals surface area contributed by atoms with E-state index in [1.807, 2.05) is 24.3 Å². The lowest BCUT2D eigenvalue weighted by molar-refractivity contribution is 0.285. The summed E-state index contributed by atoms with van der Waals surface area (Å²) in [6.07, 6.45) is 0. The molecule has 0 aromatic heterocycles. The Labute approximate surface area is 128 Å². The predicted molar refractivity (Wildman–Crippen MR) is 86.3 cm³/mol. The molecular formula is C14H21BrN2OS. The van der Waals surface area contributed by atoms with Crippen molar-refractivity contribution >= 4 is 27.7 Å². The quantitative estimate of drug-likeness (QED) is 0.768. The highest BCUT2D eigenvalue weighted by Crippen LogP contribution is 2.17. The third kappa shape index (κ3) is 6.17. The van der Waals surface area contributed by atoms with Gasteiger partial charge in [-0.25, -0.2) is 0 Å². The molecule has 1 aromatic rings. The first-order chi connectivity index (χ1) is 9.34. The van der Waals surface area contributed by atoms with Crippen molar-refractivity contribution in [2.45, 2.75) is 0 Å². The van der Waals surface area contributed by atoms with Gasteiger partial charge >= 0.3 is 0 Å². The zero-order chi connectivity index (χ0) is 13.3. The third-order valence-electron chi connectivity index (χ3n) is 3.05. The Kier molecular flexibility index (Phi) is 7.06. The molecular weight excluding hydrogens is 324 g/mol. The second-order valence-electron chi connectivity index (χ2n) is 4.51. The fourth-order valence-electron chi connectivity index (χ4n) is 1.98. The monoisotopic (exact) mass is 344 g/mol. The van der Waals surface area contributed by atoms with Crippen LogP contribution in [0, 0.1) is 0 Å². The smallest absolute Gasteiger partial charge is 0.120 e. The Bertz CT molecular complexity index is 372. The van der Waals surface area contributed by atoms with E-state index in [0.29, 0.717) is 6.61 Å². The van der Waals surface area contributed by atoms with E-state index in [1.165, 1.54) is 24.6 Å². The first-order valence-electron chi connectivity index (χ1n) is 6.74. The van der Waals surface area contributed by atoms with Crippen molar-refractivity contribution in [2.75, 3.05) is 50.8 Å². The van der Waals surface area contributed by atoms with Crippen molar-refractivity contribution in [3.63, 3.8) is 0 Å². The van der Waals surface area contributed by atoms with Crippen LogP contribution in [0.5, 0.6) is 5.75 Å². The molecule has 106 valence electrons. The first kappa shape index (κ1) is 15.2. The van der Waals surface area contributed by atoms with E-state index in [4.69, 9.17) is 4.74 Å². The van der Waals surface area contributed by atoms with Gasteiger partial charge in [-0.2, -0.15) is 11.8 Å². The Morgan fingerprint density at radius 1 is 1.26 bits per heavy atom. The molecule has 0 saturated carbocycles. The van der Waals surface area contributed by atoms with Crippen LogP contribution in [0.15, 0.2) is 28.7 Å². The Hall–Kier alpha value is -0.230. The highest BCUT2D eigenvalue weighted by Gasteiger charge is 2.08. The summed E-state index contributed by atoms with van der Waals surface area (Å²) >= 11 is 5.50. The lowest BCUT2D eigenvalue weighted by Gasteiger charge is -2.26. The molecule has 0 unspecified atom stereocenters. The van der Waals surface area contributed by atoms with Gasteiger partial charge in [0, 0.05) is 48.7 Å². The zero-order valence-electron chi connectivity index (χ0n) is 11.1. The minimum atomic E-state index is 0.715. The number of benzene rings is 1. The number of hydrogen-bond donors (Lipinski definition) is 1. The molecule has 19 heavy (non-hydrogen) atoms. The van der Waals surface area contributed by atoms with Crippen LogP contribution in [0.2, 0.25) is 0 Å². The summed E-state index contributed by atoms with van der Waals surface area (Å²) < 4.78 is 6.73. The summed E-state index contributed by atoms with van der Waals surface area (Å²) in [5.41, 5.74) is 0. The second kappa shape index (κ2) is 8.84. The van der Waals surface area contributed by atoms with E-state index in [0.717, 1.165) is 29.9 Å². The summed E-state index contributed by atoms with van der Waals surface area (Å²) in [5.74, 6) is 3.49. The van der Waals surface area contributed by atoms with Crippen molar-refractivity contribution < 1.29 is 4.74 Å². The first-order valence-corrected chi connectivity index (χ1v) is 8.68. The average molecular weight is 345 g/mol. The van der Waals surface area contributed by atoms with Crippen molar-refractivity contribution in [3.05, 3.63) is 28.7 Å². The van der Waals surface area contributed by atoms with Crippen LogP contribution in [-0.2, 0) is 0 Å². The summed E-state index contributed by atoms with van der Waals surface area (Å²) in [4.78, 5) is 2.53. The second-order valence-corrected chi connectivity index (χ2v) is 6.65. The normalized spacial score (nSPS) is 16.5.